The van der Waals surface area contributed by atoms with Crippen LogP contribution in [0.15, 0.2) is 18.2 Å². The van der Waals surface area contributed by atoms with Gasteiger partial charge in [0.25, 0.3) is 0 Å². The predicted octanol–water partition coefficient (Wildman–Crippen LogP) is 2.64. The molecule has 16 heavy (non-hydrogen) atoms. The highest BCUT2D eigenvalue weighted by Crippen LogP contribution is 2.20. The second-order valence-corrected chi connectivity index (χ2v) is 4.21. The Morgan fingerprint density at radius 2 is 2.19 bits per heavy atom. The summed E-state index contributed by atoms with van der Waals surface area (Å²) >= 11 is 11.8. The van der Waals surface area contributed by atoms with Gasteiger partial charge in [-0.3, -0.25) is 4.79 Å². The maximum absolute atomic E-state index is 11.1. The number of carbonyl (C=O) groups excluding carboxylic acids is 1. The lowest BCUT2D eigenvalue weighted by molar-refractivity contribution is -0.142. The summed E-state index contributed by atoms with van der Waals surface area (Å²) in [5.74, 6) is -0.307. The zero-order valence-corrected chi connectivity index (χ0v) is 10.6. The van der Waals surface area contributed by atoms with Crippen LogP contribution in [0.5, 0.6) is 0 Å². The van der Waals surface area contributed by atoms with Crippen LogP contribution in [0.3, 0.4) is 0 Å². The third-order valence-electron chi connectivity index (χ3n) is 2.16. The molecule has 1 unspecified atom stereocenters. The summed E-state index contributed by atoms with van der Waals surface area (Å²) in [5.41, 5.74) is 0.852. The van der Waals surface area contributed by atoms with E-state index in [4.69, 9.17) is 23.2 Å². The molecule has 1 aromatic carbocycles. The molecule has 5 heteroatoms. The summed E-state index contributed by atoms with van der Waals surface area (Å²) < 4.78 is 4.59. The van der Waals surface area contributed by atoms with E-state index < -0.39 is 0 Å². The van der Waals surface area contributed by atoms with Crippen molar-refractivity contribution in [1.29, 1.82) is 0 Å². The first-order valence-corrected chi connectivity index (χ1v) is 5.55. The molecule has 88 valence electrons. The van der Waals surface area contributed by atoms with Gasteiger partial charge in [-0.1, -0.05) is 23.2 Å². The van der Waals surface area contributed by atoms with Crippen LogP contribution in [0.4, 0.5) is 0 Å². The van der Waals surface area contributed by atoms with Crippen molar-refractivity contribution < 1.29 is 9.53 Å². The Kier molecular flexibility index (Phi) is 5.06. The van der Waals surface area contributed by atoms with Crippen LogP contribution in [0, 0.1) is 0 Å². The van der Waals surface area contributed by atoms with Gasteiger partial charge in [-0.15, -0.1) is 0 Å². The standard InChI is InChI=1S/C11H13Cl2NO2/c1-7(11(15)16-2)14-6-8-5-9(12)3-4-10(8)13/h3-5,7,14H,6H2,1-2H3. The van der Waals surface area contributed by atoms with Gasteiger partial charge in [0, 0.05) is 16.6 Å². The van der Waals surface area contributed by atoms with E-state index in [1.54, 1.807) is 25.1 Å². The lowest BCUT2D eigenvalue weighted by atomic mass is 10.2. The average molecular weight is 262 g/mol. The number of benzene rings is 1. The van der Waals surface area contributed by atoms with E-state index in [0.717, 1.165) is 5.56 Å². The Labute approximate surface area is 105 Å². The van der Waals surface area contributed by atoms with E-state index in [0.29, 0.717) is 16.6 Å². The Balaban J connectivity index is 2.60. The molecule has 0 heterocycles. The maximum Gasteiger partial charge on any atom is 0.322 e. The van der Waals surface area contributed by atoms with Gasteiger partial charge < -0.3 is 10.1 Å². The quantitative estimate of drug-likeness (QED) is 0.848. The van der Waals surface area contributed by atoms with E-state index in [2.05, 4.69) is 10.1 Å². The highest BCUT2D eigenvalue weighted by Gasteiger charge is 2.12. The molecule has 3 nitrogen and oxygen atoms in total. The number of ether oxygens (including phenoxy) is 1. The van der Waals surface area contributed by atoms with E-state index in [1.807, 2.05) is 0 Å². The third kappa shape index (κ3) is 3.67. The van der Waals surface area contributed by atoms with Crippen molar-refractivity contribution in [2.75, 3.05) is 7.11 Å². The summed E-state index contributed by atoms with van der Waals surface area (Å²) in [6.45, 7) is 2.19. The molecule has 0 saturated heterocycles. The molecule has 1 N–H and O–H groups in total. The Morgan fingerprint density at radius 1 is 1.50 bits per heavy atom. The summed E-state index contributed by atoms with van der Waals surface area (Å²) in [6.07, 6.45) is 0. The molecule has 0 radical (unpaired) electrons. The largest absolute Gasteiger partial charge is 0.468 e. The fraction of sp³-hybridized carbons (Fsp3) is 0.364. The van der Waals surface area contributed by atoms with Crippen molar-refractivity contribution in [2.45, 2.75) is 19.5 Å². The molecular formula is C11H13Cl2NO2. The van der Waals surface area contributed by atoms with E-state index >= 15 is 0 Å². The Morgan fingerprint density at radius 3 is 2.81 bits per heavy atom. The minimum absolute atomic E-state index is 0.307. The number of hydrogen-bond donors (Lipinski definition) is 1. The van der Waals surface area contributed by atoms with Crippen molar-refractivity contribution in [1.82, 2.24) is 5.32 Å². The average Bonchev–Trinajstić information content (AvgIpc) is 2.28. The molecule has 0 saturated carbocycles. The lowest BCUT2D eigenvalue weighted by Crippen LogP contribution is -2.34. The van der Waals surface area contributed by atoms with E-state index in [-0.39, 0.29) is 12.0 Å². The van der Waals surface area contributed by atoms with Gasteiger partial charge in [-0.25, -0.2) is 0 Å². The first kappa shape index (κ1) is 13.3. The fourth-order valence-electron chi connectivity index (χ4n) is 1.20. The number of nitrogens with one attached hydrogen (secondary N) is 1. The predicted molar refractivity (Wildman–Crippen MR) is 64.8 cm³/mol. The van der Waals surface area contributed by atoms with Crippen LogP contribution < -0.4 is 5.32 Å². The minimum Gasteiger partial charge on any atom is -0.468 e. The summed E-state index contributed by atoms with van der Waals surface area (Å²) in [5, 5.41) is 4.24. The molecule has 0 aliphatic rings. The third-order valence-corrected chi connectivity index (χ3v) is 2.77. The van der Waals surface area contributed by atoms with Gasteiger partial charge in [0.15, 0.2) is 0 Å². The minimum atomic E-state index is -0.375. The van der Waals surface area contributed by atoms with Crippen LogP contribution in [0.1, 0.15) is 12.5 Å². The van der Waals surface area contributed by atoms with Crippen molar-refractivity contribution in [3.63, 3.8) is 0 Å². The van der Waals surface area contributed by atoms with Crippen LogP contribution in [0.2, 0.25) is 10.0 Å². The normalized spacial score (nSPS) is 12.2. The van der Waals surface area contributed by atoms with Gasteiger partial charge in [-0.05, 0) is 30.7 Å². The lowest BCUT2D eigenvalue weighted by Gasteiger charge is -2.12. The SMILES string of the molecule is COC(=O)C(C)NCc1cc(Cl)ccc1Cl. The molecular weight excluding hydrogens is 249 g/mol. The summed E-state index contributed by atoms with van der Waals surface area (Å²) in [4.78, 5) is 11.1. The molecule has 1 aromatic rings. The first-order valence-electron chi connectivity index (χ1n) is 4.79. The highest BCUT2D eigenvalue weighted by molar-refractivity contribution is 6.33. The Hall–Kier alpha value is -0.770. The van der Waals surface area contributed by atoms with Crippen LogP contribution in [-0.4, -0.2) is 19.1 Å². The second kappa shape index (κ2) is 6.09. The molecule has 1 rings (SSSR count). The summed E-state index contributed by atoms with van der Waals surface area (Å²) in [7, 11) is 1.35. The topological polar surface area (TPSA) is 38.3 Å². The highest BCUT2D eigenvalue weighted by atomic mass is 35.5. The van der Waals surface area contributed by atoms with Gasteiger partial charge in [0.1, 0.15) is 6.04 Å². The van der Waals surface area contributed by atoms with Gasteiger partial charge in [0.05, 0.1) is 7.11 Å². The number of hydrogen-bond acceptors (Lipinski definition) is 3. The van der Waals surface area contributed by atoms with E-state index in [1.165, 1.54) is 7.11 Å². The van der Waals surface area contributed by atoms with Crippen LogP contribution in [0.25, 0.3) is 0 Å². The molecule has 0 amide bonds. The molecule has 0 spiro atoms. The first-order chi connectivity index (χ1) is 7.54. The zero-order chi connectivity index (χ0) is 12.1. The van der Waals surface area contributed by atoms with Crippen molar-refractivity contribution in [2.24, 2.45) is 0 Å². The van der Waals surface area contributed by atoms with Crippen molar-refractivity contribution in [3.8, 4) is 0 Å². The molecule has 0 bridgehead atoms. The van der Waals surface area contributed by atoms with Crippen molar-refractivity contribution >= 4 is 29.2 Å². The number of rotatable bonds is 4. The van der Waals surface area contributed by atoms with Gasteiger partial charge >= 0.3 is 5.97 Å². The number of methoxy groups -OCH3 is 1. The second-order valence-electron chi connectivity index (χ2n) is 3.36. The smallest absolute Gasteiger partial charge is 0.322 e. The molecule has 0 aromatic heterocycles. The summed E-state index contributed by atoms with van der Waals surface area (Å²) in [6, 6.07) is 4.84. The fourth-order valence-corrected chi connectivity index (χ4v) is 1.58. The Bertz CT molecular complexity index is 382. The molecule has 0 aliphatic carbocycles. The molecule has 1 atom stereocenters. The van der Waals surface area contributed by atoms with E-state index in [9.17, 15) is 4.79 Å². The van der Waals surface area contributed by atoms with Gasteiger partial charge in [-0.2, -0.15) is 0 Å². The van der Waals surface area contributed by atoms with Crippen LogP contribution in [-0.2, 0) is 16.1 Å². The maximum atomic E-state index is 11.1. The number of esters is 1. The molecule has 0 aliphatic heterocycles. The monoisotopic (exact) mass is 261 g/mol. The number of halogens is 2. The van der Waals surface area contributed by atoms with Crippen LogP contribution >= 0.6 is 23.2 Å². The van der Waals surface area contributed by atoms with Crippen molar-refractivity contribution in [3.05, 3.63) is 33.8 Å². The molecule has 0 fully saturated rings. The van der Waals surface area contributed by atoms with Gasteiger partial charge in [0.2, 0.25) is 0 Å². The number of carbonyl (C=O) groups is 1. The zero-order valence-electron chi connectivity index (χ0n) is 9.09.